The average Bonchev–Trinajstić information content (AvgIpc) is 2.58. The molecule has 0 aliphatic carbocycles. The molecule has 2 heterocycles. The molecule has 0 unspecified atom stereocenters. The molecule has 8 heteroatoms. The summed E-state index contributed by atoms with van der Waals surface area (Å²) >= 11 is 0. The highest BCUT2D eigenvalue weighted by Crippen LogP contribution is 2.25. The van der Waals surface area contributed by atoms with E-state index < -0.39 is 18.9 Å². The van der Waals surface area contributed by atoms with E-state index in [0.29, 0.717) is 11.5 Å². The Morgan fingerprint density at radius 1 is 1.21 bits per heavy atom. The highest BCUT2D eigenvalue weighted by molar-refractivity contribution is 6.06. The third kappa shape index (κ3) is 4.15. The van der Waals surface area contributed by atoms with Crippen LogP contribution in [0.1, 0.15) is 10.5 Å². The van der Waals surface area contributed by atoms with E-state index in [1.54, 1.807) is 30.3 Å². The van der Waals surface area contributed by atoms with Crippen LogP contribution in [-0.2, 0) is 0 Å². The molecule has 2 rings (SSSR count). The number of rotatable bonds is 6. The van der Waals surface area contributed by atoms with Gasteiger partial charge in [0.25, 0.3) is 12.3 Å². The van der Waals surface area contributed by atoms with Gasteiger partial charge in [-0.15, -0.1) is 0 Å². The van der Waals surface area contributed by atoms with Gasteiger partial charge in [-0.2, -0.15) is 0 Å². The normalized spacial score (nSPS) is 10.6. The van der Waals surface area contributed by atoms with Crippen LogP contribution in [0.25, 0.3) is 0 Å². The predicted octanol–water partition coefficient (Wildman–Crippen LogP) is 2.46. The van der Waals surface area contributed by atoms with Gasteiger partial charge < -0.3 is 14.5 Å². The molecule has 0 fully saturated rings. The number of hydrogen-bond acceptors (Lipinski definition) is 5. The topological polar surface area (TPSA) is 58.6 Å². The first kappa shape index (κ1) is 17.6. The predicted molar refractivity (Wildman–Crippen MR) is 87.0 cm³/mol. The number of carbonyl (C=O) groups excluding carboxylic acids is 1. The van der Waals surface area contributed by atoms with Gasteiger partial charge >= 0.3 is 0 Å². The maximum Gasteiger partial charge on any atom is 0.276 e. The van der Waals surface area contributed by atoms with E-state index in [4.69, 9.17) is 4.74 Å². The Bertz CT molecular complexity index is 710. The number of nitrogens with zero attached hydrogens (tertiary/aromatic N) is 4. The van der Waals surface area contributed by atoms with Gasteiger partial charge in [0.05, 0.1) is 5.69 Å². The van der Waals surface area contributed by atoms with E-state index in [0.717, 1.165) is 0 Å². The highest BCUT2D eigenvalue weighted by atomic mass is 19.3. The van der Waals surface area contributed by atoms with Crippen LogP contribution in [-0.4, -0.2) is 50.1 Å². The highest BCUT2D eigenvalue weighted by Gasteiger charge is 2.19. The molecule has 1 amide bonds. The van der Waals surface area contributed by atoms with Crippen molar-refractivity contribution in [3.05, 3.63) is 42.4 Å². The number of halogens is 2. The molecule has 0 saturated heterocycles. The molecule has 2 aromatic rings. The molecule has 0 N–H and O–H groups in total. The Kier molecular flexibility index (Phi) is 5.62. The first-order valence-electron chi connectivity index (χ1n) is 7.17. The van der Waals surface area contributed by atoms with E-state index in [-0.39, 0.29) is 11.4 Å². The van der Waals surface area contributed by atoms with Crippen molar-refractivity contribution in [3.8, 4) is 5.75 Å². The van der Waals surface area contributed by atoms with Crippen LogP contribution in [0.4, 0.5) is 20.3 Å². The van der Waals surface area contributed by atoms with Crippen LogP contribution in [0.15, 0.2) is 36.7 Å². The molecular weight excluding hydrogens is 318 g/mol. The number of carbonyl (C=O) groups is 1. The van der Waals surface area contributed by atoms with Crippen molar-refractivity contribution in [2.24, 2.45) is 0 Å². The summed E-state index contributed by atoms with van der Waals surface area (Å²) in [5.41, 5.74) is 0.700. The molecule has 0 aromatic carbocycles. The van der Waals surface area contributed by atoms with E-state index in [1.165, 1.54) is 23.2 Å². The Morgan fingerprint density at radius 2 is 1.96 bits per heavy atom. The van der Waals surface area contributed by atoms with E-state index in [1.807, 2.05) is 14.1 Å². The van der Waals surface area contributed by atoms with Gasteiger partial charge in [0, 0.05) is 39.6 Å². The SMILES string of the molecule is CN(C)c1ncccc1N(C)C(=O)c1cc(OCC(F)F)ccn1. The van der Waals surface area contributed by atoms with Crippen LogP contribution < -0.4 is 14.5 Å². The Hall–Kier alpha value is -2.77. The molecule has 128 valence electrons. The largest absolute Gasteiger partial charge is 0.488 e. The number of hydrogen-bond donors (Lipinski definition) is 0. The van der Waals surface area contributed by atoms with Crippen molar-refractivity contribution in [3.63, 3.8) is 0 Å². The van der Waals surface area contributed by atoms with Gasteiger partial charge in [0.2, 0.25) is 0 Å². The zero-order valence-electron chi connectivity index (χ0n) is 13.6. The summed E-state index contributed by atoms with van der Waals surface area (Å²) in [4.78, 5) is 24.1. The summed E-state index contributed by atoms with van der Waals surface area (Å²) < 4.78 is 29.4. The minimum Gasteiger partial charge on any atom is -0.488 e. The fraction of sp³-hybridized carbons (Fsp3) is 0.312. The second kappa shape index (κ2) is 7.67. The minimum absolute atomic E-state index is 0.0952. The second-order valence-corrected chi connectivity index (χ2v) is 5.18. The molecule has 24 heavy (non-hydrogen) atoms. The third-order valence-electron chi connectivity index (χ3n) is 3.18. The Balaban J connectivity index is 2.24. The lowest BCUT2D eigenvalue weighted by atomic mass is 10.2. The Labute approximate surface area is 138 Å². The molecule has 0 bridgehead atoms. The number of ether oxygens (including phenoxy) is 1. The standard InChI is InChI=1S/C16H18F2N4O2/c1-21(2)15-13(5-4-7-20-15)22(3)16(23)12-9-11(6-8-19-12)24-10-14(17)18/h4-9,14H,10H2,1-3H3. The zero-order chi connectivity index (χ0) is 17.7. The van der Waals surface area contributed by atoms with Gasteiger partial charge in [0.15, 0.2) is 5.82 Å². The second-order valence-electron chi connectivity index (χ2n) is 5.18. The molecule has 0 aliphatic heterocycles. The van der Waals surface area contributed by atoms with E-state index in [2.05, 4.69) is 9.97 Å². The zero-order valence-corrected chi connectivity index (χ0v) is 13.6. The van der Waals surface area contributed by atoms with Crippen LogP contribution in [0.3, 0.4) is 0 Å². The van der Waals surface area contributed by atoms with Gasteiger partial charge in [-0.3, -0.25) is 9.78 Å². The maximum atomic E-state index is 12.6. The van der Waals surface area contributed by atoms with Crippen molar-refractivity contribution in [1.82, 2.24) is 9.97 Å². The van der Waals surface area contributed by atoms with Crippen molar-refractivity contribution in [1.29, 1.82) is 0 Å². The van der Waals surface area contributed by atoms with Gasteiger partial charge in [-0.1, -0.05) is 0 Å². The van der Waals surface area contributed by atoms with Gasteiger partial charge in [0.1, 0.15) is 18.1 Å². The monoisotopic (exact) mass is 336 g/mol. The smallest absolute Gasteiger partial charge is 0.276 e. The lowest BCUT2D eigenvalue weighted by Crippen LogP contribution is -2.29. The fourth-order valence-corrected chi connectivity index (χ4v) is 2.05. The molecule has 6 nitrogen and oxygen atoms in total. The maximum absolute atomic E-state index is 12.6. The van der Waals surface area contributed by atoms with Crippen LogP contribution in [0.5, 0.6) is 5.75 Å². The number of aromatic nitrogens is 2. The van der Waals surface area contributed by atoms with Crippen molar-refractivity contribution in [2.45, 2.75) is 6.43 Å². The van der Waals surface area contributed by atoms with Gasteiger partial charge in [-0.05, 0) is 18.2 Å². The van der Waals surface area contributed by atoms with Gasteiger partial charge in [-0.25, -0.2) is 13.8 Å². The summed E-state index contributed by atoms with van der Waals surface area (Å²) in [7, 11) is 5.24. The summed E-state index contributed by atoms with van der Waals surface area (Å²) in [5.74, 6) is 0.396. The lowest BCUT2D eigenvalue weighted by Gasteiger charge is -2.23. The summed E-state index contributed by atoms with van der Waals surface area (Å²) in [6, 6.07) is 6.25. The average molecular weight is 336 g/mol. The molecular formula is C16H18F2N4O2. The number of anilines is 2. The van der Waals surface area contributed by atoms with Crippen molar-refractivity contribution < 1.29 is 18.3 Å². The number of amides is 1. The van der Waals surface area contributed by atoms with E-state index in [9.17, 15) is 13.6 Å². The van der Waals surface area contributed by atoms with E-state index >= 15 is 0 Å². The lowest BCUT2D eigenvalue weighted by molar-refractivity contribution is 0.0817. The first-order chi connectivity index (χ1) is 11.4. The molecule has 0 atom stereocenters. The minimum atomic E-state index is -2.59. The van der Waals surface area contributed by atoms with Crippen LogP contribution in [0, 0.1) is 0 Å². The molecule has 0 saturated carbocycles. The summed E-state index contributed by atoms with van der Waals surface area (Å²) in [6.45, 7) is -0.735. The summed E-state index contributed by atoms with van der Waals surface area (Å²) in [5, 5.41) is 0. The molecule has 0 spiro atoms. The fourth-order valence-electron chi connectivity index (χ4n) is 2.05. The van der Waals surface area contributed by atoms with Crippen molar-refractivity contribution in [2.75, 3.05) is 37.5 Å². The quantitative estimate of drug-likeness (QED) is 0.811. The third-order valence-corrected chi connectivity index (χ3v) is 3.18. The molecule has 2 aromatic heterocycles. The number of alkyl halides is 2. The first-order valence-corrected chi connectivity index (χ1v) is 7.17. The Morgan fingerprint density at radius 3 is 2.62 bits per heavy atom. The summed E-state index contributed by atoms with van der Waals surface area (Å²) in [6.07, 6.45) is 0.393. The van der Waals surface area contributed by atoms with Crippen molar-refractivity contribution >= 4 is 17.4 Å². The van der Waals surface area contributed by atoms with Crippen LogP contribution in [0.2, 0.25) is 0 Å². The van der Waals surface area contributed by atoms with Crippen LogP contribution >= 0.6 is 0 Å². The number of pyridine rings is 2. The molecule has 0 aliphatic rings. The molecule has 0 radical (unpaired) electrons.